The van der Waals surface area contributed by atoms with Crippen LogP contribution in [0, 0.1) is 0 Å². The smallest absolute Gasteiger partial charge is 0.274 e. The second-order valence-electron chi connectivity index (χ2n) is 7.01. The van der Waals surface area contributed by atoms with E-state index in [0.717, 1.165) is 16.5 Å². The fourth-order valence-electron chi connectivity index (χ4n) is 3.40. The van der Waals surface area contributed by atoms with E-state index in [1.165, 1.54) is 4.68 Å². The number of benzene rings is 3. The first kappa shape index (κ1) is 18.6. The predicted molar refractivity (Wildman–Crippen MR) is 115 cm³/mol. The third-order valence-electron chi connectivity index (χ3n) is 5.02. The van der Waals surface area contributed by atoms with Crippen molar-refractivity contribution in [1.82, 2.24) is 15.1 Å². The monoisotopic (exact) mass is 383 g/mol. The normalized spacial score (nSPS) is 11.9. The molecule has 0 aliphatic rings. The Morgan fingerprint density at radius 3 is 2.21 bits per heavy atom. The van der Waals surface area contributed by atoms with E-state index in [-0.39, 0.29) is 17.5 Å². The number of aryl methyl sites for hydroxylation is 1. The van der Waals surface area contributed by atoms with Crippen LogP contribution < -0.4 is 10.9 Å². The van der Waals surface area contributed by atoms with E-state index in [9.17, 15) is 9.59 Å². The molecule has 0 aliphatic heterocycles. The molecule has 3 aromatic carbocycles. The van der Waals surface area contributed by atoms with Crippen LogP contribution in [0.4, 0.5) is 0 Å². The largest absolute Gasteiger partial charge is 0.346 e. The van der Waals surface area contributed by atoms with E-state index in [1.807, 2.05) is 67.6 Å². The van der Waals surface area contributed by atoms with Crippen LogP contribution in [-0.2, 0) is 7.05 Å². The van der Waals surface area contributed by atoms with Crippen molar-refractivity contribution in [3.8, 4) is 11.3 Å². The molecule has 0 saturated heterocycles. The van der Waals surface area contributed by atoms with Crippen molar-refractivity contribution >= 4 is 16.7 Å². The Hall–Kier alpha value is -3.73. The summed E-state index contributed by atoms with van der Waals surface area (Å²) < 4.78 is 1.35. The van der Waals surface area contributed by atoms with E-state index in [4.69, 9.17) is 0 Å². The Morgan fingerprint density at radius 1 is 0.897 bits per heavy atom. The van der Waals surface area contributed by atoms with E-state index in [2.05, 4.69) is 10.4 Å². The number of amides is 1. The number of nitrogens with zero attached hydrogens (tertiary/aromatic N) is 2. The molecule has 29 heavy (non-hydrogen) atoms. The first-order valence-corrected chi connectivity index (χ1v) is 9.47. The van der Waals surface area contributed by atoms with Gasteiger partial charge < -0.3 is 5.32 Å². The molecule has 4 aromatic rings. The summed E-state index contributed by atoms with van der Waals surface area (Å²) in [5.74, 6) is -0.133. The molecule has 0 fully saturated rings. The summed E-state index contributed by atoms with van der Waals surface area (Å²) in [6.07, 6.45) is 0. The first-order chi connectivity index (χ1) is 14.0. The topological polar surface area (TPSA) is 64.0 Å². The van der Waals surface area contributed by atoms with Crippen molar-refractivity contribution in [3.63, 3.8) is 0 Å². The molecule has 5 nitrogen and oxygen atoms in total. The zero-order valence-corrected chi connectivity index (χ0v) is 16.3. The van der Waals surface area contributed by atoms with Crippen LogP contribution in [0.2, 0.25) is 0 Å². The van der Waals surface area contributed by atoms with Crippen molar-refractivity contribution < 1.29 is 4.79 Å². The van der Waals surface area contributed by atoms with E-state index < -0.39 is 0 Å². The summed E-state index contributed by atoms with van der Waals surface area (Å²) in [4.78, 5) is 24.9. The quantitative estimate of drug-likeness (QED) is 0.577. The maximum atomic E-state index is 12.6. The molecule has 1 N–H and O–H groups in total. The lowest BCUT2D eigenvalue weighted by Gasteiger charge is -2.14. The maximum absolute atomic E-state index is 12.6. The van der Waals surface area contributed by atoms with Crippen LogP contribution in [0.3, 0.4) is 0 Å². The molecule has 5 heteroatoms. The number of carbonyl (C=O) groups excluding carboxylic acids is 1. The summed E-state index contributed by atoms with van der Waals surface area (Å²) >= 11 is 0. The van der Waals surface area contributed by atoms with Crippen molar-refractivity contribution in [3.05, 3.63) is 100 Å². The Bertz CT molecular complexity index is 1230. The van der Waals surface area contributed by atoms with Gasteiger partial charge in [-0.15, -0.1) is 0 Å². The molecule has 0 unspecified atom stereocenters. The lowest BCUT2D eigenvalue weighted by molar-refractivity contribution is 0.0940. The van der Waals surface area contributed by atoms with Crippen LogP contribution in [0.15, 0.2) is 83.7 Å². The number of fused-ring (bicyclic) bond motifs is 1. The lowest BCUT2D eigenvalue weighted by Crippen LogP contribution is -2.26. The number of nitrogens with one attached hydrogen (secondary N) is 1. The zero-order chi connectivity index (χ0) is 20.4. The zero-order valence-electron chi connectivity index (χ0n) is 16.3. The average molecular weight is 383 g/mol. The number of hydrogen-bond acceptors (Lipinski definition) is 3. The summed E-state index contributed by atoms with van der Waals surface area (Å²) in [5.41, 5.74) is 3.07. The minimum Gasteiger partial charge on any atom is -0.346 e. The van der Waals surface area contributed by atoms with Crippen LogP contribution in [-0.4, -0.2) is 15.7 Å². The fourth-order valence-corrected chi connectivity index (χ4v) is 3.40. The van der Waals surface area contributed by atoms with Crippen LogP contribution >= 0.6 is 0 Å². The van der Waals surface area contributed by atoms with Gasteiger partial charge in [-0.25, -0.2) is 4.68 Å². The Kier molecular flexibility index (Phi) is 4.96. The first-order valence-electron chi connectivity index (χ1n) is 9.47. The van der Waals surface area contributed by atoms with Crippen molar-refractivity contribution in [1.29, 1.82) is 0 Å². The Balaban J connectivity index is 1.62. The van der Waals surface area contributed by atoms with Gasteiger partial charge in [-0.05, 0) is 30.7 Å². The Morgan fingerprint density at radius 2 is 1.52 bits per heavy atom. The average Bonchev–Trinajstić information content (AvgIpc) is 2.77. The van der Waals surface area contributed by atoms with Gasteiger partial charge in [-0.2, -0.15) is 5.10 Å². The van der Waals surface area contributed by atoms with Gasteiger partial charge in [-0.1, -0.05) is 60.7 Å². The van der Waals surface area contributed by atoms with Crippen LogP contribution in [0.25, 0.3) is 22.0 Å². The molecule has 1 aromatic heterocycles. The molecular weight excluding hydrogens is 362 g/mol. The highest BCUT2D eigenvalue weighted by Crippen LogP contribution is 2.25. The summed E-state index contributed by atoms with van der Waals surface area (Å²) in [6.45, 7) is 1.96. The summed E-state index contributed by atoms with van der Waals surface area (Å²) in [5, 5.41) is 8.88. The van der Waals surface area contributed by atoms with Crippen molar-refractivity contribution in [2.24, 2.45) is 7.05 Å². The van der Waals surface area contributed by atoms with Gasteiger partial charge in [0.15, 0.2) is 0 Å². The third kappa shape index (κ3) is 3.67. The van der Waals surface area contributed by atoms with Crippen molar-refractivity contribution in [2.45, 2.75) is 13.0 Å². The highest BCUT2D eigenvalue weighted by atomic mass is 16.1. The number of hydrogen-bond donors (Lipinski definition) is 1. The molecule has 0 radical (unpaired) electrons. The molecule has 4 rings (SSSR count). The van der Waals surface area contributed by atoms with Gasteiger partial charge in [0.2, 0.25) is 0 Å². The summed E-state index contributed by atoms with van der Waals surface area (Å²) in [6, 6.07) is 24.5. The molecule has 144 valence electrons. The molecule has 1 atom stereocenters. The standard InChI is InChI=1S/C24H21N3O2/c1-16(17-8-4-3-5-9-17)25-23(28)19-14-12-18(13-15-19)22-20-10-6-7-11-21(20)24(29)27(2)26-22/h3-16H,1-2H3,(H,25,28)/t16-/m1/s1. The van der Waals surface area contributed by atoms with E-state index in [0.29, 0.717) is 16.6 Å². The minimum absolute atomic E-state index is 0.0855. The van der Waals surface area contributed by atoms with Gasteiger partial charge in [-0.3, -0.25) is 9.59 Å². The maximum Gasteiger partial charge on any atom is 0.274 e. The predicted octanol–water partition coefficient (Wildman–Crippen LogP) is 4.09. The summed E-state index contributed by atoms with van der Waals surface area (Å²) in [7, 11) is 1.64. The number of rotatable bonds is 4. The second-order valence-corrected chi connectivity index (χ2v) is 7.01. The molecular formula is C24H21N3O2. The SMILES string of the molecule is C[C@@H](NC(=O)c1ccc(-c2nn(C)c(=O)c3ccccc23)cc1)c1ccccc1. The van der Waals surface area contributed by atoms with Gasteiger partial charge >= 0.3 is 0 Å². The highest BCUT2D eigenvalue weighted by molar-refractivity contribution is 5.97. The fraction of sp³-hybridized carbons (Fsp3) is 0.125. The lowest BCUT2D eigenvalue weighted by atomic mass is 10.0. The van der Waals surface area contributed by atoms with E-state index >= 15 is 0 Å². The molecule has 0 spiro atoms. The molecule has 1 heterocycles. The molecule has 1 amide bonds. The van der Waals surface area contributed by atoms with Crippen LogP contribution in [0.5, 0.6) is 0 Å². The third-order valence-corrected chi connectivity index (χ3v) is 5.02. The van der Waals surface area contributed by atoms with Gasteiger partial charge in [0.05, 0.1) is 17.1 Å². The second kappa shape index (κ2) is 7.72. The Labute approximate surface area is 168 Å². The number of aromatic nitrogens is 2. The van der Waals surface area contributed by atoms with Gasteiger partial charge in [0.1, 0.15) is 0 Å². The van der Waals surface area contributed by atoms with Crippen molar-refractivity contribution in [2.75, 3.05) is 0 Å². The van der Waals surface area contributed by atoms with E-state index in [1.54, 1.807) is 25.2 Å². The van der Waals surface area contributed by atoms with Crippen LogP contribution in [0.1, 0.15) is 28.9 Å². The molecule has 0 bridgehead atoms. The van der Waals surface area contributed by atoms with Gasteiger partial charge in [0, 0.05) is 23.6 Å². The number of carbonyl (C=O) groups is 1. The van der Waals surface area contributed by atoms with Gasteiger partial charge in [0.25, 0.3) is 11.5 Å². The molecule has 0 saturated carbocycles. The minimum atomic E-state index is -0.133. The highest BCUT2D eigenvalue weighted by Gasteiger charge is 2.13. The molecule has 0 aliphatic carbocycles.